The van der Waals surface area contributed by atoms with Crippen LogP contribution in [-0.4, -0.2) is 9.97 Å². The molecule has 1 heterocycles. The van der Waals surface area contributed by atoms with Gasteiger partial charge in [0.25, 0.3) is 0 Å². The number of aromatic nitrogens is 2. The molecule has 124 valence electrons. The quantitative estimate of drug-likeness (QED) is 0.696. The zero-order valence-electron chi connectivity index (χ0n) is 15.4. The normalized spacial score (nSPS) is 16.9. The lowest BCUT2D eigenvalue weighted by molar-refractivity contribution is 0.443. The van der Waals surface area contributed by atoms with Crippen molar-refractivity contribution >= 4 is 10.9 Å². The molecule has 0 aliphatic heterocycles. The van der Waals surface area contributed by atoms with E-state index in [1.54, 1.807) is 0 Å². The first-order valence-electron chi connectivity index (χ1n) is 9.21. The van der Waals surface area contributed by atoms with Crippen LogP contribution >= 0.6 is 0 Å². The highest BCUT2D eigenvalue weighted by Crippen LogP contribution is 2.41. The Morgan fingerprint density at radius 3 is 2.48 bits per heavy atom. The summed E-state index contributed by atoms with van der Waals surface area (Å²) in [5.41, 5.74) is 5.74. The minimum Gasteiger partial charge on any atom is -0.241 e. The minimum atomic E-state index is 0.201. The molecular formula is C21H30N2. The van der Waals surface area contributed by atoms with E-state index in [1.807, 2.05) is 6.92 Å². The van der Waals surface area contributed by atoms with Crippen molar-refractivity contribution in [2.24, 2.45) is 0 Å². The molecule has 0 bridgehead atoms. The maximum absolute atomic E-state index is 4.85. The largest absolute Gasteiger partial charge is 0.241 e. The summed E-state index contributed by atoms with van der Waals surface area (Å²) in [6.45, 7) is 11.3. The maximum atomic E-state index is 4.85. The second kappa shape index (κ2) is 6.22. The third kappa shape index (κ3) is 3.00. The second-order valence-corrected chi connectivity index (χ2v) is 7.89. The average molecular weight is 310 g/mol. The van der Waals surface area contributed by atoms with E-state index in [2.05, 4.69) is 44.9 Å². The lowest BCUT2D eigenvalue weighted by Gasteiger charge is -2.30. The molecule has 2 heteroatoms. The van der Waals surface area contributed by atoms with Crippen LogP contribution in [0.5, 0.6) is 0 Å². The molecule has 3 rings (SSSR count). The number of hydrogen-bond acceptors (Lipinski definition) is 2. The van der Waals surface area contributed by atoms with Crippen LogP contribution in [0.15, 0.2) is 12.3 Å². The van der Waals surface area contributed by atoms with E-state index >= 15 is 0 Å². The van der Waals surface area contributed by atoms with Crippen LogP contribution in [0.2, 0.25) is 0 Å². The standard InChI is InChI=1S/C21H30N2/c1-6-21(4,5)19-12-17(16-10-8-7-9-11-16)20-18(14(19)2)13-22-15(3)23-20/h12-13,16H,6-11H2,1-5H3. The molecule has 0 unspecified atom stereocenters. The number of rotatable bonds is 3. The molecular weight excluding hydrogens is 280 g/mol. The lowest BCUT2D eigenvalue weighted by Crippen LogP contribution is -2.19. The molecule has 0 saturated heterocycles. The number of nitrogens with zero attached hydrogens (tertiary/aromatic N) is 2. The fourth-order valence-corrected chi connectivity index (χ4v) is 4.06. The van der Waals surface area contributed by atoms with Gasteiger partial charge in [0.15, 0.2) is 0 Å². The Labute approximate surface area is 140 Å². The minimum absolute atomic E-state index is 0.201. The Bertz CT molecular complexity index is 709. The first-order valence-corrected chi connectivity index (χ1v) is 9.21. The molecule has 2 aromatic rings. The van der Waals surface area contributed by atoms with Crippen LogP contribution in [-0.2, 0) is 5.41 Å². The fourth-order valence-electron chi connectivity index (χ4n) is 4.06. The highest BCUT2D eigenvalue weighted by molar-refractivity contribution is 5.86. The van der Waals surface area contributed by atoms with Crippen molar-refractivity contribution in [1.29, 1.82) is 0 Å². The smallest absolute Gasteiger partial charge is 0.125 e. The van der Waals surface area contributed by atoms with Crippen molar-refractivity contribution in [3.63, 3.8) is 0 Å². The van der Waals surface area contributed by atoms with E-state index in [9.17, 15) is 0 Å². The summed E-state index contributed by atoms with van der Waals surface area (Å²) in [6, 6.07) is 2.49. The molecule has 0 spiro atoms. The molecule has 23 heavy (non-hydrogen) atoms. The number of aryl methyl sites for hydroxylation is 2. The number of fused-ring (bicyclic) bond motifs is 1. The Hall–Kier alpha value is -1.44. The third-order valence-corrected chi connectivity index (χ3v) is 5.95. The van der Waals surface area contributed by atoms with Gasteiger partial charge in [-0.3, -0.25) is 0 Å². The predicted octanol–water partition coefficient (Wildman–Crippen LogP) is 5.98. The molecule has 1 aromatic carbocycles. The number of benzene rings is 1. The molecule has 0 radical (unpaired) electrons. The van der Waals surface area contributed by atoms with Gasteiger partial charge >= 0.3 is 0 Å². The maximum Gasteiger partial charge on any atom is 0.125 e. The van der Waals surface area contributed by atoms with Gasteiger partial charge in [-0.15, -0.1) is 0 Å². The van der Waals surface area contributed by atoms with Crippen molar-refractivity contribution in [2.75, 3.05) is 0 Å². The van der Waals surface area contributed by atoms with Gasteiger partial charge < -0.3 is 0 Å². The molecule has 1 saturated carbocycles. The fraction of sp³-hybridized carbons (Fsp3) is 0.619. The van der Waals surface area contributed by atoms with Gasteiger partial charge in [0, 0.05) is 11.6 Å². The molecule has 0 N–H and O–H groups in total. The molecule has 1 aliphatic rings. The Balaban J connectivity index is 2.27. The molecule has 0 amide bonds. The van der Waals surface area contributed by atoms with Crippen LogP contribution < -0.4 is 0 Å². The Morgan fingerprint density at radius 2 is 1.83 bits per heavy atom. The molecule has 2 nitrogen and oxygen atoms in total. The molecule has 1 aliphatic carbocycles. The monoisotopic (exact) mass is 310 g/mol. The topological polar surface area (TPSA) is 25.8 Å². The van der Waals surface area contributed by atoms with Gasteiger partial charge in [0.1, 0.15) is 5.82 Å². The average Bonchev–Trinajstić information content (AvgIpc) is 2.55. The third-order valence-electron chi connectivity index (χ3n) is 5.95. The Morgan fingerprint density at radius 1 is 1.13 bits per heavy atom. The van der Waals surface area contributed by atoms with Crippen molar-refractivity contribution < 1.29 is 0 Å². The predicted molar refractivity (Wildman–Crippen MR) is 98.2 cm³/mol. The van der Waals surface area contributed by atoms with E-state index in [0.29, 0.717) is 5.92 Å². The summed E-state index contributed by atoms with van der Waals surface area (Å²) >= 11 is 0. The van der Waals surface area contributed by atoms with E-state index in [4.69, 9.17) is 4.98 Å². The summed E-state index contributed by atoms with van der Waals surface area (Å²) in [6.07, 6.45) is 9.93. The summed E-state index contributed by atoms with van der Waals surface area (Å²) in [4.78, 5) is 9.34. The van der Waals surface area contributed by atoms with E-state index in [1.165, 1.54) is 59.7 Å². The highest BCUT2D eigenvalue weighted by atomic mass is 14.9. The summed E-state index contributed by atoms with van der Waals surface area (Å²) in [5.74, 6) is 1.56. The van der Waals surface area contributed by atoms with Crippen LogP contribution in [0.4, 0.5) is 0 Å². The van der Waals surface area contributed by atoms with E-state index in [0.717, 1.165) is 12.2 Å². The first-order chi connectivity index (χ1) is 10.9. The summed E-state index contributed by atoms with van der Waals surface area (Å²) in [7, 11) is 0. The second-order valence-electron chi connectivity index (χ2n) is 7.89. The number of hydrogen-bond donors (Lipinski definition) is 0. The van der Waals surface area contributed by atoms with E-state index in [-0.39, 0.29) is 5.41 Å². The Kier molecular flexibility index (Phi) is 4.44. The van der Waals surface area contributed by atoms with Crippen LogP contribution in [0.25, 0.3) is 10.9 Å². The van der Waals surface area contributed by atoms with Crippen LogP contribution in [0.3, 0.4) is 0 Å². The van der Waals surface area contributed by atoms with Crippen LogP contribution in [0.1, 0.15) is 87.7 Å². The van der Waals surface area contributed by atoms with Gasteiger partial charge in [0.05, 0.1) is 5.52 Å². The highest BCUT2D eigenvalue weighted by Gasteiger charge is 2.26. The van der Waals surface area contributed by atoms with Gasteiger partial charge in [-0.05, 0) is 61.1 Å². The molecule has 1 fully saturated rings. The SMILES string of the molecule is CCC(C)(C)c1cc(C2CCCCC2)c2nc(C)ncc2c1C. The van der Waals surface area contributed by atoms with Crippen molar-refractivity contribution in [3.8, 4) is 0 Å². The van der Waals surface area contributed by atoms with Gasteiger partial charge in [-0.2, -0.15) is 0 Å². The van der Waals surface area contributed by atoms with E-state index < -0.39 is 0 Å². The van der Waals surface area contributed by atoms with Crippen molar-refractivity contribution in [1.82, 2.24) is 9.97 Å². The van der Waals surface area contributed by atoms with Gasteiger partial charge in [0.2, 0.25) is 0 Å². The van der Waals surface area contributed by atoms with Crippen LogP contribution in [0, 0.1) is 13.8 Å². The first kappa shape index (κ1) is 16.4. The van der Waals surface area contributed by atoms with Gasteiger partial charge in [-0.25, -0.2) is 9.97 Å². The summed E-state index contributed by atoms with van der Waals surface area (Å²) in [5, 5.41) is 1.26. The van der Waals surface area contributed by atoms with Crippen molar-refractivity contribution in [2.45, 2.75) is 84.5 Å². The van der Waals surface area contributed by atoms with Gasteiger partial charge in [-0.1, -0.05) is 46.1 Å². The zero-order valence-corrected chi connectivity index (χ0v) is 15.4. The zero-order chi connectivity index (χ0) is 16.6. The summed E-state index contributed by atoms with van der Waals surface area (Å²) < 4.78 is 0. The van der Waals surface area contributed by atoms with Crippen molar-refractivity contribution in [3.05, 3.63) is 34.8 Å². The molecule has 0 atom stereocenters. The lowest BCUT2D eigenvalue weighted by atomic mass is 9.75. The molecule has 1 aromatic heterocycles.